The lowest BCUT2D eigenvalue weighted by Gasteiger charge is -2.37. The summed E-state index contributed by atoms with van der Waals surface area (Å²) in [6.07, 6.45) is 2.73. The van der Waals surface area contributed by atoms with Crippen LogP contribution in [0.3, 0.4) is 0 Å². The number of aryl methyl sites for hydroxylation is 1. The SMILES string of the molecule is COc1ccc2nc3c(nc2c1)OC1CN(C(=O)C(C2(C)CCCC2)NC(=O)OC2CC2CCCCC3)C(C(=O)NC2(C(=O)NS(=O)(=O)C3(C)CC3)CC2C(F)F)C1C. The highest BCUT2D eigenvalue weighted by atomic mass is 32.2. The molecule has 5 fully saturated rings. The lowest BCUT2D eigenvalue weighted by Crippen LogP contribution is -2.61. The minimum atomic E-state index is -4.24. The highest BCUT2D eigenvalue weighted by Crippen LogP contribution is 2.50. The van der Waals surface area contributed by atoms with Crippen molar-refractivity contribution in [2.75, 3.05) is 13.7 Å². The monoisotopic (exact) mass is 844 g/mol. The number of fused-ring (bicyclic) bond motifs is 5. The molecule has 1 aromatic carbocycles. The summed E-state index contributed by atoms with van der Waals surface area (Å²) < 4.78 is 73.6. The second-order valence-electron chi connectivity index (χ2n) is 18.2. The van der Waals surface area contributed by atoms with E-state index in [1.54, 1.807) is 26.2 Å². The van der Waals surface area contributed by atoms with Gasteiger partial charge in [-0.2, -0.15) is 0 Å². The van der Waals surface area contributed by atoms with Crippen LogP contribution < -0.4 is 24.8 Å². The van der Waals surface area contributed by atoms with E-state index in [1.807, 2.05) is 17.7 Å². The van der Waals surface area contributed by atoms with Gasteiger partial charge in [0.25, 0.3) is 5.91 Å². The first-order chi connectivity index (χ1) is 28.0. The number of methoxy groups -OCH3 is 1. The average Bonchev–Trinajstić information content (AvgIpc) is 4.15. The molecule has 59 heavy (non-hydrogen) atoms. The number of benzene rings is 1. The van der Waals surface area contributed by atoms with Crippen molar-refractivity contribution in [1.82, 2.24) is 30.2 Å². The summed E-state index contributed by atoms with van der Waals surface area (Å²) in [5, 5.41) is 5.39. The molecule has 3 N–H and O–H groups in total. The van der Waals surface area contributed by atoms with Gasteiger partial charge >= 0.3 is 6.09 Å². The third kappa shape index (κ3) is 7.89. The van der Waals surface area contributed by atoms with E-state index in [2.05, 4.69) is 10.6 Å². The van der Waals surface area contributed by atoms with Crippen molar-refractivity contribution in [2.45, 2.75) is 145 Å². The Morgan fingerprint density at radius 1 is 1.00 bits per heavy atom. The van der Waals surface area contributed by atoms with Gasteiger partial charge < -0.3 is 29.7 Å². The van der Waals surface area contributed by atoms with E-state index in [4.69, 9.17) is 24.2 Å². The predicted octanol–water partition coefficient (Wildman–Crippen LogP) is 4.55. The molecular weight excluding hydrogens is 791 g/mol. The van der Waals surface area contributed by atoms with Crippen LogP contribution in [0.25, 0.3) is 11.0 Å². The minimum Gasteiger partial charge on any atom is -0.497 e. The molecule has 0 radical (unpaired) electrons. The van der Waals surface area contributed by atoms with Crippen molar-refractivity contribution in [3.05, 3.63) is 23.9 Å². The van der Waals surface area contributed by atoms with Gasteiger partial charge in [0.2, 0.25) is 34.1 Å². The van der Waals surface area contributed by atoms with Gasteiger partial charge in [0.1, 0.15) is 41.3 Å². The molecule has 4 saturated carbocycles. The Balaban J connectivity index is 1.16. The van der Waals surface area contributed by atoms with Crippen molar-refractivity contribution in [3.63, 3.8) is 0 Å². The van der Waals surface area contributed by atoms with Crippen LogP contribution in [0, 0.1) is 23.2 Å². The molecular formula is C41H54F2N6O9S. The second kappa shape index (κ2) is 15.3. The number of nitrogens with zero attached hydrogens (tertiary/aromatic N) is 3. The molecule has 8 rings (SSSR count). The van der Waals surface area contributed by atoms with Crippen LogP contribution in [0.15, 0.2) is 18.2 Å². The summed E-state index contributed by atoms with van der Waals surface area (Å²) in [6, 6.07) is 2.83. The zero-order valence-electron chi connectivity index (χ0n) is 33.9. The number of alkyl carbamates (subject to hydrolysis) is 1. The maximum absolute atomic E-state index is 15.1. The molecule has 0 spiro atoms. The van der Waals surface area contributed by atoms with E-state index in [-0.39, 0.29) is 24.4 Å². The van der Waals surface area contributed by atoms with E-state index in [0.29, 0.717) is 54.6 Å². The highest BCUT2D eigenvalue weighted by Gasteiger charge is 2.68. The van der Waals surface area contributed by atoms with Gasteiger partial charge in [0.05, 0.1) is 35.4 Å². The van der Waals surface area contributed by atoms with Gasteiger partial charge in [-0.25, -0.2) is 32.0 Å². The Kier molecular flexibility index (Phi) is 10.7. The molecule has 8 unspecified atom stereocenters. The topological polar surface area (TPSA) is 195 Å². The maximum Gasteiger partial charge on any atom is 0.408 e. The summed E-state index contributed by atoms with van der Waals surface area (Å²) >= 11 is 0. The molecule has 322 valence electrons. The summed E-state index contributed by atoms with van der Waals surface area (Å²) in [6.45, 7) is 4.90. The quantitative estimate of drug-likeness (QED) is 0.338. The number of hydrogen-bond donors (Lipinski definition) is 3. The number of sulfonamides is 1. The molecule has 4 aliphatic carbocycles. The Labute approximate surface area is 342 Å². The van der Waals surface area contributed by atoms with Gasteiger partial charge in [-0.1, -0.05) is 39.5 Å². The predicted molar refractivity (Wildman–Crippen MR) is 209 cm³/mol. The Morgan fingerprint density at radius 3 is 2.42 bits per heavy atom. The van der Waals surface area contributed by atoms with Crippen molar-refractivity contribution in [3.8, 4) is 11.6 Å². The fourth-order valence-electron chi connectivity index (χ4n) is 9.43. The van der Waals surface area contributed by atoms with E-state index in [9.17, 15) is 31.6 Å². The Hall–Kier alpha value is -4.35. The maximum atomic E-state index is 15.1. The van der Waals surface area contributed by atoms with E-state index in [1.165, 1.54) is 11.8 Å². The van der Waals surface area contributed by atoms with E-state index in [0.717, 1.165) is 44.9 Å². The molecule has 1 aromatic heterocycles. The zero-order valence-corrected chi connectivity index (χ0v) is 34.7. The van der Waals surface area contributed by atoms with E-state index >= 15 is 4.79 Å². The number of halogens is 2. The highest BCUT2D eigenvalue weighted by molar-refractivity contribution is 7.91. The van der Waals surface area contributed by atoms with Gasteiger partial charge in [-0.05, 0) is 88.2 Å². The van der Waals surface area contributed by atoms with Gasteiger partial charge in [-0.3, -0.25) is 19.1 Å². The largest absolute Gasteiger partial charge is 0.497 e. The number of carbonyl (C=O) groups is 4. The van der Waals surface area contributed by atoms with Crippen LogP contribution >= 0.6 is 0 Å². The summed E-state index contributed by atoms with van der Waals surface area (Å²) in [5.41, 5.74) is -1.21. The number of rotatable bonds is 8. The second-order valence-corrected chi connectivity index (χ2v) is 20.4. The van der Waals surface area contributed by atoms with Gasteiger partial charge in [-0.15, -0.1) is 0 Å². The summed E-state index contributed by atoms with van der Waals surface area (Å²) in [7, 11) is -2.70. The smallest absolute Gasteiger partial charge is 0.408 e. The van der Waals surface area contributed by atoms with Crippen LogP contribution in [-0.4, -0.2) is 102 Å². The normalized spacial score (nSPS) is 32.7. The number of carbonyl (C=O) groups excluding carboxylic acids is 4. The molecule has 8 atom stereocenters. The average molecular weight is 845 g/mol. The Morgan fingerprint density at radius 2 is 1.75 bits per heavy atom. The number of alkyl halides is 2. The standard InChI is InChI=1S/C41H54F2N6O9S/c1-22-30-21-49(31(22)34(50)47-41(20-25(41)33(42)43)37(52)48-59(54,55)40(3)16-17-40)36(51)32(39(2)14-8-9-15-39)46-38(53)58-29-18-23(29)10-6-5-7-11-27-35(57-30)45-28-19-24(56-4)12-13-26(28)44-27/h12-13,19,22-23,25,29-33H,5-11,14-18,20-21H2,1-4H3,(H,46,53)(H,47,50)(H,48,52). The van der Waals surface area contributed by atoms with Crippen LogP contribution in [0.5, 0.6) is 11.6 Å². The molecule has 2 aliphatic heterocycles. The number of ether oxygens (including phenoxy) is 3. The fraction of sp³-hybridized carbons (Fsp3) is 0.707. The molecule has 2 bridgehead atoms. The van der Waals surface area contributed by atoms with E-state index < -0.39 is 92.4 Å². The number of hydrogen-bond acceptors (Lipinski definition) is 11. The molecule has 2 aromatic rings. The third-order valence-electron chi connectivity index (χ3n) is 14.0. The first-order valence-corrected chi connectivity index (χ1v) is 22.4. The van der Waals surface area contributed by atoms with Crippen LogP contribution in [0.1, 0.15) is 104 Å². The molecule has 15 nitrogen and oxygen atoms in total. The third-order valence-corrected chi connectivity index (χ3v) is 16.1. The lowest BCUT2D eigenvalue weighted by molar-refractivity contribution is -0.144. The lowest BCUT2D eigenvalue weighted by atomic mass is 9.79. The molecule has 18 heteroatoms. The first-order valence-electron chi connectivity index (χ1n) is 20.9. The number of aromatic nitrogens is 2. The van der Waals surface area contributed by atoms with Gasteiger partial charge in [0.15, 0.2) is 0 Å². The summed E-state index contributed by atoms with van der Waals surface area (Å²) in [4.78, 5) is 68.0. The van der Waals surface area contributed by atoms with Crippen LogP contribution in [0.4, 0.5) is 13.6 Å². The Bertz CT molecular complexity index is 2130. The number of amides is 4. The number of nitrogens with one attached hydrogen (secondary N) is 3. The first kappa shape index (κ1) is 41.4. The zero-order chi connectivity index (χ0) is 42.1. The van der Waals surface area contributed by atoms with Crippen molar-refractivity contribution in [1.29, 1.82) is 0 Å². The molecule has 1 saturated heterocycles. The molecule has 6 aliphatic rings. The van der Waals surface area contributed by atoms with Crippen molar-refractivity contribution < 1.29 is 50.6 Å². The fourth-order valence-corrected chi connectivity index (χ4v) is 10.7. The van der Waals surface area contributed by atoms with Gasteiger partial charge in [0, 0.05) is 12.0 Å². The summed E-state index contributed by atoms with van der Waals surface area (Å²) in [5.74, 6) is -4.25. The van der Waals surface area contributed by atoms with Crippen LogP contribution in [-0.2, 0) is 35.6 Å². The molecule has 3 heterocycles. The molecule has 4 amide bonds. The van der Waals surface area contributed by atoms with Crippen molar-refractivity contribution in [2.24, 2.45) is 23.2 Å². The van der Waals surface area contributed by atoms with Crippen LogP contribution in [0.2, 0.25) is 0 Å². The van der Waals surface area contributed by atoms with Crippen molar-refractivity contribution >= 4 is 44.9 Å². The minimum absolute atomic E-state index is 0.159.